The fraction of sp³-hybridized carbons (Fsp3) is 0.417. The standard InChI is InChI=1S/C24H26ClN4O4S/c25-18-13-19-16(12-21(30)29(19)22(31)14-23(32)33)11-15(18)5-6-27-7-9-28(10-8-27)24-17-3-1-2-4-20(17)34-26-24/h1-4,11,13,22-23,31-32H,5-10,12,14H2/q-1. The molecular formula is C24H26ClN4O4S-. The van der Waals surface area contributed by atoms with Crippen LogP contribution in [0.5, 0.6) is 0 Å². The molecule has 0 saturated carbocycles. The van der Waals surface area contributed by atoms with E-state index in [4.69, 9.17) is 16.7 Å². The largest absolute Gasteiger partial charge is 0.831 e. The fourth-order valence-corrected chi connectivity index (χ4v) is 5.82. The monoisotopic (exact) mass is 501 g/mol. The van der Waals surface area contributed by atoms with Crippen molar-refractivity contribution >= 4 is 50.6 Å². The van der Waals surface area contributed by atoms with Gasteiger partial charge in [-0.2, -0.15) is 4.37 Å². The van der Waals surface area contributed by atoms with Gasteiger partial charge in [-0.25, -0.2) is 0 Å². The highest BCUT2D eigenvalue weighted by Gasteiger charge is 2.33. The lowest BCUT2D eigenvalue weighted by molar-refractivity contribution is -0.485. The molecule has 3 heterocycles. The van der Waals surface area contributed by atoms with Gasteiger partial charge >= 0.3 is 0 Å². The van der Waals surface area contributed by atoms with Crippen molar-refractivity contribution in [3.8, 4) is 0 Å². The van der Waals surface area contributed by atoms with Crippen molar-refractivity contribution in [1.82, 2.24) is 9.27 Å². The average Bonchev–Trinajstić information content (AvgIpc) is 3.37. The number of nitrogens with zero attached hydrogens (tertiary/aromatic N) is 4. The third-order valence-corrected chi connectivity index (χ3v) is 7.72. The van der Waals surface area contributed by atoms with E-state index in [1.807, 2.05) is 12.1 Å². The second kappa shape index (κ2) is 9.77. The third kappa shape index (κ3) is 4.64. The van der Waals surface area contributed by atoms with Crippen LogP contribution in [0.3, 0.4) is 0 Å². The Labute approximate surface area is 206 Å². The first-order chi connectivity index (χ1) is 16.4. The van der Waals surface area contributed by atoms with Gasteiger partial charge in [-0.15, -0.1) is 0 Å². The minimum atomic E-state index is -1.95. The summed E-state index contributed by atoms with van der Waals surface area (Å²) in [5, 5.41) is 32.0. The Morgan fingerprint density at radius 2 is 1.91 bits per heavy atom. The molecule has 8 nitrogen and oxygen atoms in total. The topological polar surface area (TPSA) is 103 Å². The van der Waals surface area contributed by atoms with Gasteiger partial charge in [-0.05, 0) is 53.6 Å². The molecule has 0 aliphatic carbocycles. The van der Waals surface area contributed by atoms with Crippen molar-refractivity contribution in [1.29, 1.82) is 0 Å². The minimum absolute atomic E-state index is 0.145. The molecule has 2 aliphatic rings. The SMILES string of the molecule is O=C1Cc2cc(CCN3CCN(c4nsc5ccccc45)CC3)c(Cl)cc2N1C(O)CC([O-])O. The van der Waals surface area contributed by atoms with Crippen molar-refractivity contribution in [2.24, 2.45) is 0 Å². The van der Waals surface area contributed by atoms with Gasteiger partial charge in [-0.1, -0.05) is 29.8 Å². The summed E-state index contributed by atoms with van der Waals surface area (Å²) in [7, 11) is 0. The molecule has 5 rings (SSSR count). The van der Waals surface area contributed by atoms with Crippen molar-refractivity contribution < 1.29 is 20.1 Å². The molecule has 180 valence electrons. The van der Waals surface area contributed by atoms with Crippen LogP contribution in [0.1, 0.15) is 17.5 Å². The van der Waals surface area contributed by atoms with Crippen LogP contribution in [0.4, 0.5) is 11.5 Å². The maximum Gasteiger partial charge on any atom is 0.233 e. The number of carbonyl (C=O) groups excluding carboxylic acids is 1. The van der Waals surface area contributed by atoms with Gasteiger partial charge in [-0.3, -0.25) is 14.6 Å². The van der Waals surface area contributed by atoms with Crippen molar-refractivity contribution in [3.05, 3.63) is 52.5 Å². The molecule has 1 fully saturated rings. The first kappa shape index (κ1) is 23.5. The van der Waals surface area contributed by atoms with Crippen LogP contribution in [0.2, 0.25) is 5.02 Å². The lowest BCUT2D eigenvalue weighted by Crippen LogP contribution is -2.47. The molecule has 1 aromatic heterocycles. The first-order valence-corrected chi connectivity index (χ1v) is 12.5. The lowest BCUT2D eigenvalue weighted by Gasteiger charge is -2.35. The van der Waals surface area contributed by atoms with Gasteiger partial charge in [0.15, 0.2) is 0 Å². The normalized spacial score (nSPS) is 18.5. The van der Waals surface area contributed by atoms with Crippen LogP contribution in [0, 0.1) is 0 Å². The molecule has 2 unspecified atom stereocenters. The molecule has 10 heteroatoms. The predicted molar refractivity (Wildman–Crippen MR) is 131 cm³/mol. The van der Waals surface area contributed by atoms with Crippen LogP contribution in [0.25, 0.3) is 10.1 Å². The van der Waals surface area contributed by atoms with Gasteiger partial charge in [0, 0.05) is 49.6 Å². The van der Waals surface area contributed by atoms with Crippen LogP contribution in [0.15, 0.2) is 36.4 Å². The number of aliphatic hydroxyl groups excluding tert-OH is 2. The highest BCUT2D eigenvalue weighted by molar-refractivity contribution is 7.13. The number of carbonyl (C=O) groups is 1. The number of anilines is 2. The van der Waals surface area contributed by atoms with Crippen LogP contribution >= 0.6 is 23.1 Å². The van der Waals surface area contributed by atoms with Gasteiger partial charge in [0.25, 0.3) is 0 Å². The van der Waals surface area contributed by atoms with E-state index < -0.39 is 18.9 Å². The van der Waals surface area contributed by atoms with Crippen molar-refractivity contribution in [2.45, 2.75) is 31.8 Å². The maximum absolute atomic E-state index is 12.4. The van der Waals surface area contributed by atoms with Crippen LogP contribution < -0.4 is 14.9 Å². The molecule has 1 amide bonds. The zero-order valence-corrected chi connectivity index (χ0v) is 20.1. The van der Waals surface area contributed by atoms with E-state index in [1.54, 1.807) is 17.6 Å². The second-order valence-electron chi connectivity index (χ2n) is 8.76. The number of rotatable bonds is 7. The average molecular weight is 502 g/mol. The predicted octanol–water partition coefficient (Wildman–Crippen LogP) is 1.59. The molecular weight excluding hydrogens is 476 g/mol. The molecule has 34 heavy (non-hydrogen) atoms. The van der Waals surface area contributed by atoms with E-state index in [-0.39, 0.29) is 12.3 Å². The number of benzene rings is 2. The quantitative estimate of drug-likeness (QED) is 0.474. The van der Waals surface area contributed by atoms with E-state index in [2.05, 4.69) is 32.4 Å². The van der Waals surface area contributed by atoms with Crippen molar-refractivity contribution in [3.63, 3.8) is 0 Å². The Bertz CT molecular complexity index is 1190. The lowest BCUT2D eigenvalue weighted by atomic mass is 10.0. The smallest absolute Gasteiger partial charge is 0.233 e. The molecule has 0 bridgehead atoms. The van der Waals surface area contributed by atoms with Crippen LogP contribution in [-0.4, -0.2) is 70.6 Å². The molecule has 3 aromatic rings. The molecule has 0 radical (unpaired) electrons. The summed E-state index contributed by atoms with van der Waals surface area (Å²) >= 11 is 8.07. The van der Waals surface area contributed by atoms with Gasteiger partial charge in [0.1, 0.15) is 12.0 Å². The van der Waals surface area contributed by atoms with Crippen LogP contribution in [-0.2, 0) is 17.6 Å². The minimum Gasteiger partial charge on any atom is -0.831 e. The molecule has 2 aromatic carbocycles. The maximum atomic E-state index is 12.4. The summed E-state index contributed by atoms with van der Waals surface area (Å²) < 4.78 is 5.88. The number of fused-ring (bicyclic) bond motifs is 2. The van der Waals surface area contributed by atoms with Crippen molar-refractivity contribution in [2.75, 3.05) is 42.5 Å². The summed E-state index contributed by atoms with van der Waals surface area (Å²) in [4.78, 5) is 18.3. The summed E-state index contributed by atoms with van der Waals surface area (Å²) in [6.45, 7) is 4.55. The van der Waals surface area contributed by atoms with Gasteiger partial charge < -0.3 is 20.2 Å². The highest BCUT2D eigenvalue weighted by Crippen LogP contribution is 2.36. The van der Waals surface area contributed by atoms with E-state index in [0.29, 0.717) is 10.7 Å². The number of hydrogen-bond acceptors (Lipinski definition) is 8. The number of aliphatic hydroxyl groups is 2. The number of hydrogen-bond donors (Lipinski definition) is 2. The van der Waals surface area contributed by atoms with E-state index in [0.717, 1.165) is 61.0 Å². The Morgan fingerprint density at radius 3 is 2.68 bits per heavy atom. The summed E-state index contributed by atoms with van der Waals surface area (Å²) in [6.07, 6.45) is -2.87. The van der Waals surface area contributed by atoms with Gasteiger partial charge in [0.05, 0.1) is 16.8 Å². The zero-order valence-electron chi connectivity index (χ0n) is 18.6. The molecule has 1 saturated heterocycles. The zero-order chi connectivity index (χ0) is 23.8. The first-order valence-electron chi connectivity index (χ1n) is 11.4. The Kier molecular flexibility index (Phi) is 6.74. The van der Waals surface area contributed by atoms with E-state index >= 15 is 0 Å². The number of piperazine rings is 1. The number of amides is 1. The number of halogens is 1. The summed E-state index contributed by atoms with van der Waals surface area (Å²) in [6, 6.07) is 11.9. The second-order valence-corrected chi connectivity index (χ2v) is 9.98. The molecule has 0 spiro atoms. The third-order valence-electron chi connectivity index (χ3n) is 6.56. The fourth-order valence-electron chi connectivity index (χ4n) is 4.77. The summed E-state index contributed by atoms with van der Waals surface area (Å²) in [5.74, 6) is 0.768. The highest BCUT2D eigenvalue weighted by atomic mass is 35.5. The van der Waals surface area contributed by atoms with Gasteiger partial charge in [0.2, 0.25) is 5.91 Å². The Morgan fingerprint density at radius 1 is 1.15 bits per heavy atom. The number of aromatic nitrogens is 1. The Balaban J connectivity index is 1.20. The van der Waals surface area contributed by atoms with E-state index in [1.165, 1.54) is 10.1 Å². The molecule has 2 atom stereocenters. The summed E-state index contributed by atoms with van der Waals surface area (Å²) in [5.41, 5.74) is 2.25. The molecule has 2 N–H and O–H groups in total. The van der Waals surface area contributed by atoms with E-state index in [9.17, 15) is 15.0 Å². The Hall–Kier alpha value is -2.27. The molecule has 2 aliphatic heterocycles.